The minimum Gasteiger partial charge on any atom is -0.444 e. The lowest BCUT2D eigenvalue weighted by Crippen LogP contribution is -2.52. The van der Waals surface area contributed by atoms with E-state index in [0.29, 0.717) is 17.6 Å². The van der Waals surface area contributed by atoms with Gasteiger partial charge in [-0.25, -0.2) is 4.79 Å². The third-order valence-corrected chi connectivity index (χ3v) is 3.31. The maximum atomic E-state index is 11.7. The van der Waals surface area contributed by atoms with E-state index in [9.17, 15) is 9.59 Å². The summed E-state index contributed by atoms with van der Waals surface area (Å²) < 4.78 is 5.29. The van der Waals surface area contributed by atoms with E-state index in [1.807, 2.05) is 34.6 Å². The smallest absolute Gasteiger partial charge is 0.410 e. The molecule has 0 radical (unpaired) electrons. The average molecular weight is 269 g/mol. The Labute approximate surface area is 116 Å². The van der Waals surface area contributed by atoms with Gasteiger partial charge < -0.3 is 9.64 Å². The zero-order valence-corrected chi connectivity index (χ0v) is 12.9. The number of carbonyl (C=O) groups excluding carboxylic acids is 2. The molecule has 1 amide bonds. The minimum absolute atomic E-state index is 0.210. The molecule has 0 bridgehead atoms. The molecule has 2 rings (SSSR count). The molecule has 2 aliphatic rings. The number of likely N-dealkylation sites (tertiary alicyclic amines) is 1. The Hall–Kier alpha value is -1.06. The van der Waals surface area contributed by atoms with Crippen LogP contribution in [0.3, 0.4) is 0 Å². The maximum Gasteiger partial charge on any atom is 0.410 e. The van der Waals surface area contributed by atoms with Crippen LogP contribution in [0.5, 0.6) is 0 Å². The quantitative estimate of drug-likeness (QED) is 0.773. The normalized spacial score (nSPS) is 20.1. The van der Waals surface area contributed by atoms with Crippen LogP contribution in [-0.4, -0.2) is 35.5 Å². The molecule has 0 aromatic rings. The van der Waals surface area contributed by atoms with Crippen LogP contribution in [0.15, 0.2) is 0 Å². The molecule has 4 heteroatoms. The fourth-order valence-electron chi connectivity index (χ4n) is 2.42. The Morgan fingerprint density at radius 3 is 2.16 bits per heavy atom. The molecule has 0 spiro atoms. The molecule has 1 heterocycles. The van der Waals surface area contributed by atoms with Gasteiger partial charge >= 0.3 is 6.09 Å². The number of rotatable bonds is 2. The number of Topliss-reactive ketones (excluding diaryl/α,β-unsaturated/α-hetero) is 1. The molecule has 0 N–H and O–H groups in total. The first kappa shape index (κ1) is 16.0. The van der Waals surface area contributed by atoms with Crippen molar-refractivity contribution in [3.05, 3.63) is 0 Å². The predicted octanol–water partition coefficient (Wildman–Crippen LogP) is 3.25. The van der Waals surface area contributed by atoms with Crippen LogP contribution in [0.4, 0.5) is 4.79 Å². The average Bonchev–Trinajstić information content (AvgIpc) is 2.19. The van der Waals surface area contributed by atoms with Crippen molar-refractivity contribution in [2.45, 2.75) is 59.5 Å². The van der Waals surface area contributed by atoms with Crippen molar-refractivity contribution in [1.82, 2.24) is 4.90 Å². The number of ketones is 1. The third kappa shape index (κ3) is 4.84. The second-order valence-electron chi connectivity index (χ2n) is 6.30. The zero-order chi connectivity index (χ0) is 14.6. The van der Waals surface area contributed by atoms with Crippen molar-refractivity contribution in [3.63, 3.8) is 0 Å². The van der Waals surface area contributed by atoms with Crippen molar-refractivity contribution >= 4 is 11.9 Å². The van der Waals surface area contributed by atoms with E-state index in [1.54, 1.807) is 4.90 Å². The van der Waals surface area contributed by atoms with E-state index >= 15 is 0 Å². The summed E-state index contributed by atoms with van der Waals surface area (Å²) in [7, 11) is 0. The third-order valence-electron chi connectivity index (χ3n) is 3.31. The SMILES string of the molecule is CC.CC(C)(C)OC(=O)N1CC(CC2CC(=O)C2)C1. The topological polar surface area (TPSA) is 46.6 Å². The molecule has 1 aliphatic carbocycles. The van der Waals surface area contributed by atoms with Gasteiger partial charge in [-0.05, 0) is 39.0 Å². The van der Waals surface area contributed by atoms with Crippen molar-refractivity contribution in [3.8, 4) is 0 Å². The molecule has 4 nitrogen and oxygen atoms in total. The highest BCUT2D eigenvalue weighted by atomic mass is 16.6. The van der Waals surface area contributed by atoms with Gasteiger partial charge in [0.25, 0.3) is 0 Å². The first-order chi connectivity index (χ1) is 8.83. The van der Waals surface area contributed by atoms with E-state index in [0.717, 1.165) is 32.4 Å². The molecule has 110 valence electrons. The molecule has 0 unspecified atom stereocenters. The van der Waals surface area contributed by atoms with Crippen LogP contribution in [0.2, 0.25) is 0 Å². The molecular formula is C15H27NO3. The van der Waals surface area contributed by atoms with E-state index in [-0.39, 0.29) is 6.09 Å². The molecule has 19 heavy (non-hydrogen) atoms. The lowest BCUT2D eigenvalue weighted by atomic mass is 9.76. The Morgan fingerprint density at radius 1 is 1.21 bits per heavy atom. The summed E-state index contributed by atoms with van der Waals surface area (Å²) in [6, 6.07) is 0. The van der Waals surface area contributed by atoms with Gasteiger partial charge in [0.1, 0.15) is 11.4 Å². The largest absolute Gasteiger partial charge is 0.444 e. The number of hydrogen-bond acceptors (Lipinski definition) is 3. The Balaban J connectivity index is 0.000000861. The Kier molecular flexibility index (Phi) is 5.39. The maximum absolute atomic E-state index is 11.7. The molecule has 1 saturated carbocycles. The highest BCUT2D eigenvalue weighted by Crippen LogP contribution is 2.33. The summed E-state index contributed by atoms with van der Waals surface area (Å²) in [5.74, 6) is 1.53. The highest BCUT2D eigenvalue weighted by Gasteiger charge is 2.37. The number of carbonyl (C=O) groups is 2. The van der Waals surface area contributed by atoms with Gasteiger partial charge in [-0.2, -0.15) is 0 Å². The van der Waals surface area contributed by atoms with Gasteiger partial charge in [0.2, 0.25) is 0 Å². The van der Waals surface area contributed by atoms with Crippen LogP contribution in [-0.2, 0) is 9.53 Å². The van der Waals surface area contributed by atoms with Crippen molar-refractivity contribution < 1.29 is 14.3 Å². The van der Waals surface area contributed by atoms with Gasteiger partial charge in [0.15, 0.2) is 0 Å². The van der Waals surface area contributed by atoms with Crippen LogP contribution in [0.1, 0.15) is 53.9 Å². The van der Waals surface area contributed by atoms with Gasteiger partial charge in [0.05, 0.1) is 0 Å². The molecule has 1 saturated heterocycles. The Bertz CT molecular complexity index is 319. The van der Waals surface area contributed by atoms with E-state index in [4.69, 9.17) is 4.74 Å². The summed E-state index contributed by atoms with van der Waals surface area (Å²) >= 11 is 0. The van der Waals surface area contributed by atoms with Crippen LogP contribution in [0, 0.1) is 11.8 Å². The minimum atomic E-state index is -0.414. The second-order valence-corrected chi connectivity index (χ2v) is 6.30. The number of ether oxygens (including phenoxy) is 1. The van der Waals surface area contributed by atoms with Crippen LogP contribution in [0.25, 0.3) is 0 Å². The van der Waals surface area contributed by atoms with Gasteiger partial charge in [-0.1, -0.05) is 13.8 Å². The molecule has 0 atom stereocenters. The van der Waals surface area contributed by atoms with Crippen molar-refractivity contribution in [2.24, 2.45) is 11.8 Å². The molecule has 1 aliphatic heterocycles. The summed E-state index contributed by atoms with van der Waals surface area (Å²) in [6.07, 6.45) is 2.38. The van der Waals surface area contributed by atoms with E-state index in [1.165, 1.54) is 0 Å². The van der Waals surface area contributed by atoms with Crippen molar-refractivity contribution in [1.29, 1.82) is 0 Å². The lowest BCUT2D eigenvalue weighted by Gasteiger charge is -2.42. The van der Waals surface area contributed by atoms with E-state index in [2.05, 4.69) is 0 Å². The predicted molar refractivity (Wildman–Crippen MR) is 75.0 cm³/mol. The standard InChI is InChI=1S/C13H21NO3.C2H6/c1-13(2,3)17-12(16)14-7-10(8-14)4-9-5-11(15)6-9;1-2/h9-10H,4-8H2,1-3H3;1-2H3. The van der Waals surface area contributed by atoms with Gasteiger partial charge in [-0.15, -0.1) is 0 Å². The first-order valence-electron chi connectivity index (χ1n) is 7.33. The molecule has 2 fully saturated rings. The molecule has 0 aromatic heterocycles. The van der Waals surface area contributed by atoms with Gasteiger partial charge in [-0.3, -0.25) is 4.79 Å². The number of nitrogens with zero attached hydrogens (tertiary/aromatic N) is 1. The van der Waals surface area contributed by atoms with Crippen molar-refractivity contribution in [2.75, 3.05) is 13.1 Å². The van der Waals surface area contributed by atoms with Crippen LogP contribution >= 0.6 is 0 Å². The second kappa shape index (κ2) is 6.40. The first-order valence-corrected chi connectivity index (χ1v) is 7.33. The fourth-order valence-corrected chi connectivity index (χ4v) is 2.42. The summed E-state index contributed by atoms with van der Waals surface area (Å²) in [5, 5.41) is 0. The zero-order valence-electron chi connectivity index (χ0n) is 12.9. The Morgan fingerprint density at radius 2 is 1.74 bits per heavy atom. The lowest BCUT2D eigenvalue weighted by molar-refractivity contribution is -0.127. The highest BCUT2D eigenvalue weighted by molar-refractivity contribution is 5.84. The summed E-state index contributed by atoms with van der Waals surface area (Å²) in [6.45, 7) is 11.2. The number of hydrogen-bond donors (Lipinski definition) is 0. The number of amides is 1. The van der Waals surface area contributed by atoms with E-state index < -0.39 is 5.60 Å². The summed E-state index contributed by atoms with van der Waals surface area (Å²) in [5.41, 5.74) is -0.414. The molecular weight excluding hydrogens is 242 g/mol. The van der Waals surface area contributed by atoms with Gasteiger partial charge in [0, 0.05) is 25.9 Å². The summed E-state index contributed by atoms with van der Waals surface area (Å²) in [4.78, 5) is 24.2. The monoisotopic (exact) mass is 269 g/mol. The van der Waals surface area contributed by atoms with Crippen LogP contribution < -0.4 is 0 Å². The molecule has 0 aromatic carbocycles. The fraction of sp³-hybridized carbons (Fsp3) is 0.867.